The van der Waals surface area contributed by atoms with Gasteiger partial charge in [-0.15, -0.1) is 0 Å². The van der Waals surface area contributed by atoms with E-state index in [1.54, 1.807) is 18.5 Å². The van der Waals surface area contributed by atoms with Gasteiger partial charge in [-0.3, -0.25) is 4.98 Å². The molecule has 0 amide bonds. The molecule has 29 heavy (non-hydrogen) atoms. The topological polar surface area (TPSA) is 101 Å². The Bertz CT molecular complexity index is 1130. The van der Waals surface area contributed by atoms with E-state index < -0.39 is 17.6 Å². The monoisotopic (exact) mass is 398 g/mol. The number of nitrogens with zero attached hydrogens (tertiary/aromatic N) is 4. The number of halogens is 3. The number of anilines is 2. The Labute approximate surface area is 164 Å². The number of fused-ring (bicyclic) bond motifs is 1. The van der Waals surface area contributed by atoms with Crippen LogP contribution < -0.4 is 11.1 Å². The molecule has 3 heterocycles. The first-order chi connectivity index (χ1) is 13.7. The Morgan fingerprint density at radius 3 is 2.66 bits per heavy atom. The van der Waals surface area contributed by atoms with Crippen molar-refractivity contribution in [1.29, 1.82) is 5.26 Å². The highest BCUT2D eigenvalue weighted by molar-refractivity contribution is 5.94. The second kappa shape index (κ2) is 6.58. The van der Waals surface area contributed by atoms with Gasteiger partial charge in [-0.05, 0) is 48.9 Å². The molecule has 1 fully saturated rings. The number of nitrogens with two attached hydrogens (primary N) is 1. The van der Waals surface area contributed by atoms with E-state index in [9.17, 15) is 18.4 Å². The molecule has 6 nitrogen and oxygen atoms in total. The molecule has 4 rings (SSSR count). The average Bonchev–Trinajstić information content (AvgIpc) is 3.46. The lowest BCUT2D eigenvalue weighted by Crippen LogP contribution is -2.43. The Balaban J connectivity index is 1.76. The van der Waals surface area contributed by atoms with E-state index in [-0.39, 0.29) is 24.5 Å². The average molecular weight is 398 g/mol. The van der Waals surface area contributed by atoms with Crippen LogP contribution >= 0.6 is 0 Å². The third kappa shape index (κ3) is 3.42. The molecule has 9 heteroatoms. The van der Waals surface area contributed by atoms with Gasteiger partial charge in [0.2, 0.25) is 0 Å². The molecule has 0 aliphatic heterocycles. The lowest BCUT2D eigenvalue weighted by Gasteiger charge is -2.26. The second-order valence-corrected chi connectivity index (χ2v) is 7.26. The van der Waals surface area contributed by atoms with Crippen LogP contribution in [-0.4, -0.2) is 27.2 Å². The van der Waals surface area contributed by atoms with Crippen LogP contribution in [0.25, 0.3) is 22.0 Å². The predicted molar refractivity (Wildman–Crippen MR) is 103 cm³/mol. The smallest absolute Gasteiger partial charge is 0.383 e. The van der Waals surface area contributed by atoms with Gasteiger partial charge in [0.15, 0.2) is 0 Å². The van der Waals surface area contributed by atoms with Crippen molar-refractivity contribution in [2.75, 3.05) is 11.1 Å². The number of hydrogen-bond acceptors (Lipinski definition) is 6. The van der Waals surface area contributed by atoms with Gasteiger partial charge in [-0.1, -0.05) is 0 Å². The molecule has 0 saturated heterocycles. The molecule has 3 aromatic heterocycles. The molecule has 3 aromatic rings. The standard InChI is InChI=1S/C20H17F3N6/c1-11-2-5-26-8-13(11)15-6-12-7-16(27-9-14(12)17(25)28-15)29-18(20(21,22)23)19(10-24)3-4-19/h2,5-9,18H,3-4H2,1H3,(H2,25,28)(H,27,29). The number of nitriles is 1. The number of aryl methyl sites for hydroxylation is 1. The number of alkyl halides is 3. The number of nitrogen functional groups attached to an aromatic ring is 1. The molecule has 148 valence electrons. The van der Waals surface area contributed by atoms with Gasteiger partial charge in [-0.25, -0.2) is 9.97 Å². The van der Waals surface area contributed by atoms with Crippen LogP contribution in [-0.2, 0) is 0 Å². The summed E-state index contributed by atoms with van der Waals surface area (Å²) >= 11 is 0. The minimum atomic E-state index is -4.57. The van der Waals surface area contributed by atoms with Crippen LogP contribution in [0.15, 0.2) is 36.8 Å². The summed E-state index contributed by atoms with van der Waals surface area (Å²) < 4.78 is 40.7. The maximum Gasteiger partial charge on any atom is 0.410 e. The van der Waals surface area contributed by atoms with E-state index in [1.807, 2.05) is 19.1 Å². The first kappa shape index (κ1) is 18.9. The summed E-state index contributed by atoms with van der Waals surface area (Å²) in [6, 6.07) is 4.90. The van der Waals surface area contributed by atoms with E-state index in [0.717, 1.165) is 11.1 Å². The van der Waals surface area contributed by atoms with Crippen LogP contribution in [0.4, 0.5) is 24.8 Å². The van der Waals surface area contributed by atoms with Crippen molar-refractivity contribution >= 4 is 22.4 Å². The van der Waals surface area contributed by atoms with Gasteiger partial charge in [0.05, 0.1) is 17.2 Å². The molecule has 3 N–H and O–H groups in total. The largest absolute Gasteiger partial charge is 0.410 e. The fourth-order valence-electron chi connectivity index (χ4n) is 3.40. The van der Waals surface area contributed by atoms with Crippen molar-refractivity contribution in [1.82, 2.24) is 15.0 Å². The Hall–Kier alpha value is -3.41. The highest BCUT2D eigenvalue weighted by atomic mass is 19.4. The maximum atomic E-state index is 13.6. The summed E-state index contributed by atoms with van der Waals surface area (Å²) in [5.41, 5.74) is 6.91. The molecule has 0 radical (unpaired) electrons. The quantitative estimate of drug-likeness (QED) is 0.682. The van der Waals surface area contributed by atoms with Gasteiger partial charge < -0.3 is 11.1 Å². The molecule has 1 atom stereocenters. The first-order valence-corrected chi connectivity index (χ1v) is 8.95. The van der Waals surface area contributed by atoms with E-state index in [2.05, 4.69) is 20.3 Å². The van der Waals surface area contributed by atoms with Crippen LogP contribution in [0.2, 0.25) is 0 Å². The Morgan fingerprint density at radius 2 is 2.03 bits per heavy atom. The third-order valence-electron chi connectivity index (χ3n) is 5.24. The summed E-state index contributed by atoms with van der Waals surface area (Å²) in [6.07, 6.45) is 0.546. The molecular formula is C20H17F3N6. The molecule has 0 spiro atoms. The van der Waals surface area contributed by atoms with Gasteiger partial charge in [0.25, 0.3) is 0 Å². The van der Waals surface area contributed by atoms with Gasteiger partial charge in [0, 0.05) is 29.5 Å². The molecule has 0 aromatic carbocycles. The minimum absolute atomic E-state index is 0.0285. The molecule has 1 unspecified atom stereocenters. The van der Waals surface area contributed by atoms with Crippen LogP contribution in [0.1, 0.15) is 18.4 Å². The summed E-state index contributed by atoms with van der Waals surface area (Å²) in [5.74, 6) is 0.253. The highest BCUT2D eigenvalue weighted by Crippen LogP contribution is 2.53. The fourth-order valence-corrected chi connectivity index (χ4v) is 3.40. The number of rotatable bonds is 4. The van der Waals surface area contributed by atoms with Crippen molar-refractivity contribution in [3.8, 4) is 17.3 Å². The van der Waals surface area contributed by atoms with Crippen molar-refractivity contribution in [3.05, 3.63) is 42.4 Å². The van der Waals surface area contributed by atoms with Crippen LogP contribution in [0, 0.1) is 23.7 Å². The molecular weight excluding hydrogens is 381 g/mol. The summed E-state index contributed by atoms with van der Waals surface area (Å²) in [7, 11) is 0. The normalized spacial score (nSPS) is 16.2. The number of pyridine rings is 3. The SMILES string of the molecule is Cc1ccncc1-c1cc2cc(NC(C(F)(F)F)C3(C#N)CC3)ncc2c(N)n1. The zero-order valence-electron chi connectivity index (χ0n) is 15.5. The summed E-state index contributed by atoms with van der Waals surface area (Å²) in [4.78, 5) is 12.5. The molecule has 1 aliphatic rings. The lowest BCUT2D eigenvalue weighted by atomic mass is 9.97. The summed E-state index contributed by atoms with van der Waals surface area (Å²) in [6.45, 7) is 1.91. The first-order valence-electron chi connectivity index (χ1n) is 8.95. The predicted octanol–water partition coefficient (Wildman–Crippen LogP) is 4.23. The van der Waals surface area contributed by atoms with Gasteiger partial charge in [0.1, 0.15) is 17.7 Å². The molecule has 1 saturated carbocycles. The third-order valence-corrected chi connectivity index (χ3v) is 5.24. The zero-order chi connectivity index (χ0) is 20.8. The number of hydrogen-bond donors (Lipinski definition) is 2. The maximum absolute atomic E-state index is 13.6. The van der Waals surface area contributed by atoms with Gasteiger partial charge >= 0.3 is 6.18 Å². The number of nitrogens with one attached hydrogen (secondary N) is 1. The minimum Gasteiger partial charge on any atom is -0.383 e. The van der Waals surface area contributed by atoms with Crippen molar-refractivity contribution in [2.45, 2.75) is 32.0 Å². The lowest BCUT2D eigenvalue weighted by molar-refractivity contribution is -0.152. The van der Waals surface area contributed by atoms with E-state index in [1.165, 1.54) is 12.3 Å². The van der Waals surface area contributed by atoms with Gasteiger partial charge in [-0.2, -0.15) is 18.4 Å². The van der Waals surface area contributed by atoms with Crippen molar-refractivity contribution in [2.24, 2.45) is 5.41 Å². The second-order valence-electron chi connectivity index (χ2n) is 7.26. The van der Waals surface area contributed by atoms with E-state index in [4.69, 9.17) is 5.73 Å². The van der Waals surface area contributed by atoms with E-state index in [0.29, 0.717) is 16.5 Å². The van der Waals surface area contributed by atoms with Crippen LogP contribution in [0.5, 0.6) is 0 Å². The van der Waals surface area contributed by atoms with E-state index >= 15 is 0 Å². The fraction of sp³-hybridized carbons (Fsp3) is 0.300. The van der Waals surface area contributed by atoms with Crippen molar-refractivity contribution in [3.63, 3.8) is 0 Å². The Morgan fingerprint density at radius 1 is 1.28 bits per heavy atom. The Kier molecular flexibility index (Phi) is 4.30. The van der Waals surface area contributed by atoms with Crippen LogP contribution in [0.3, 0.4) is 0 Å². The highest BCUT2D eigenvalue weighted by Gasteiger charge is 2.61. The zero-order valence-corrected chi connectivity index (χ0v) is 15.5. The number of aromatic nitrogens is 3. The molecule has 0 bridgehead atoms. The van der Waals surface area contributed by atoms with Crippen molar-refractivity contribution < 1.29 is 13.2 Å². The summed E-state index contributed by atoms with van der Waals surface area (Å²) in [5, 5.41) is 12.8. The molecule has 1 aliphatic carbocycles.